The summed E-state index contributed by atoms with van der Waals surface area (Å²) in [4.78, 5) is 2.56. The van der Waals surface area contributed by atoms with Gasteiger partial charge in [-0.05, 0) is 49.4 Å². The molecule has 0 radical (unpaired) electrons. The second-order valence-electron chi connectivity index (χ2n) is 4.92. The van der Waals surface area contributed by atoms with Crippen molar-refractivity contribution in [2.24, 2.45) is 5.92 Å². The van der Waals surface area contributed by atoms with Gasteiger partial charge in [-0.15, -0.1) is 12.4 Å². The van der Waals surface area contributed by atoms with Crippen LogP contribution in [0, 0.1) is 5.92 Å². The molecule has 0 spiro atoms. The summed E-state index contributed by atoms with van der Waals surface area (Å²) >= 11 is 0. The van der Waals surface area contributed by atoms with E-state index >= 15 is 0 Å². The fourth-order valence-electron chi connectivity index (χ4n) is 2.17. The molecule has 0 unspecified atom stereocenters. The predicted octanol–water partition coefficient (Wildman–Crippen LogP) is 3.31. The first-order valence-electron chi connectivity index (χ1n) is 6.34. The molecule has 1 fully saturated rings. The summed E-state index contributed by atoms with van der Waals surface area (Å²) in [5.41, 5.74) is 8.02. The Labute approximate surface area is 111 Å². The average Bonchev–Trinajstić information content (AvgIpc) is 3.02. The highest BCUT2D eigenvalue weighted by molar-refractivity contribution is 5.85. The van der Waals surface area contributed by atoms with Crippen molar-refractivity contribution in [3.63, 3.8) is 0 Å². The van der Waals surface area contributed by atoms with E-state index < -0.39 is 0 Å². The molecule has 0 aromatic heterocycles. The van der Waals surface area contributed by atoms with Crippen LogP contribution in [0.4, 0.5) is 5.69 Å². The van der Waals surface area contributed by atoms with Crippen LogP contribution in [0.1, 0.15) is 31.7 Å². The lowest BCUT2D eigenvalue weighted by atomic mass is 10.2. The van der Waals surface area contributed by atoms with Crippen molar-refractivity contribution in [3.05, 3.63) is 29.8 Å². The van der Waals surface area contributed by atoms with E-state index in [1.807, 2.05) is 12.1 Å². The standard InChI is InChI=1S/C14H22N2.ClH/c1-2-8-16(10-12-6-7-12)11-13-4-3-5-14(15)9-13;/h3-5,9,12H,2,6-8,10-11,15H2,1H3;1H. The Morgan fingerprint density at radius 2 is 2.12 bits per heavy atom. The maximum absolute atomic E-state index is 5.80. The van der Waals surface area contributed by atoms with Crippen molar-refractivity contribution >= 4 is 18.1 Å². The van der Waals surface area contributed by atoms with Gasteiger partial charge < -0.3 is 5.73 Å². The molecule has 2 N–H and O–H groups in total. The lowest BCUT2D eigenvalue weighted by Gasteiger charge is -2.21. The zero-order valence-electron chi connectivity index (χ0n) is 10.6. The third-order valence-corrected chi connectivity index (χ3v) is 3.11. The minimum absolute atomic E-state index is 0. The van der Waals surface area contributed by atoms with Crippen LogP contribution < -0.4 is 5.73 Å². The van der Waals surface area contributed by atoms with E-state index in [4.69, 9.17) is 5.73 Å². The molecule has 1 saturated carbocycles. The third kappa shape index (κ3) is 4.97. The first kappa shape index (κ1) is 14.3. The van der Waals surface area contributed by atoms with Gasteiger partial charge in [-0.25, -0.2) is 0 Å². The SMILES string of the molecule is CCCN(Cc1cccc(N)c1)CC1CC1.Cl. The maximum atomic E-state index is 5.80. The Kier molecular flexibility index (Phi) is 5.79. The van der Waals surface area contributed by atoms with Gasteiger partial charge in [0.15, 0.2) is 0 Å². The van der Waals surface area contributed by atoms with Crippen molar-refractivity contribution in [1.82, 2.24) is 4.90 Å². The van der Waals surface area contributed by atoms with Gasteiger partial charge in [-0.3, -0.25) is 4.90 Å². The molecule has 1 aliphatic carbocycles. The number of nitrogens with zero attached hydrogens (tertiary/aromatic N) is 1. The van der Waals surface area contributed by atoms with E-state index in [1.54, 1.807) is 0 Å². The van der Waals surface area contributed by atoms with Crippen LogP contribution in [0.5, 0.6) is 0 Å². The summed E-state index contributed by atoms with van der Waals surface area (Å²) in [5.74, 6) is 0.965. The van der Waals surface area contributed by atoms with Gasteiger partial charge in [0.2, 0.25) is 0 Å². The van der Waals surface area contributed by atoms with Gasteiger partial charge >= 0.3 is 0 Å². The summed E-state index contributed by atoms with van der Waals surface area (Å²) in [6, 6.07) is 8.27. The summed E-state index contributed by atoms with van der Waals surface area (Å²) in [6.45, 7) is 5.77. The zero-order valence-corrected chi connectivity index (χ0v) is 11.4. The second-order valence-corrected chi connectivity index (χ2v) is 4.92. The Hall–Kier alpha value is -0.730. The van der Waals surface area contributed by atoms with Gasteiger partial charge in [0.1, 0.15) is 0 Å². The van der Waals surface area contributed by atoms with Gasteiger partial charge in [-0.1, -0.05) is 19.1 Å². The van der Waals surface area contributed by atoms with Gasteiger partial charge in [0.25, 0.3) is 0 Å². The lowest BCUT2D eigenvalue weighted by molar-refractivity contribution is 0.255. The molecule has 0 saturated heterocycles. The molecule has 2 nitrogen and oxygen atoms in total. The summed E-state index contributed by atoms with van der Waals surface area (Å²) in [5, 5.41) is 0. The molecule has 17 heavy (non-hydrogen) atoms. The number of halogens is 1. The predicted molar refractivity (Wildman–Crippen MR) is 76.4 cm³/mol. The normalized spacial score (nSPS) is 14.7. The fourth-order valence-corrected chi connectivity index (χ4v) is 2.17. The Balaban J connectivity index is 0.00000144. The van der Waals surface area contributed by atoms with Crippen LogP contribution in [0.3, 0.4) is 0 Å². The molecular formula is C14H23ClN2. The van der Waals surface area contributed by atoms with Crippen LogP contribution in [0.25, 0.3) is 0 Å². The van der Waals surface area contributed by atoms with E-state index in [1.165, 1.54) is 37.9 Å². The van der Waals surface area contributed by atoms with Crippen molar-refractivity contribution < 1.29 is 0 Å². The summed E-state index contributed by atoms with van der Waals surface area (Å²) in [7, 11) is 0. The Morgan fingerprint density at radius 1 is 1.35 bits per heavy atom. The average molecular weight is 255 g/mol. The minimum Gasteiger partial charge on any atom is -0.399 e. The Bertz CT molecular complexity index is 337. The number of rotatable bonds is 6. The highest BCUT2D eigenvalue weighted by atomic mass is 35.5. The second kappa shape index (κ2) is 6.87. The number of hydrogen-bond acceptors (Lipinski definition) is 2. The molecule has 96 valence electrons. The number of nitrogen functional groups attached to an aromatic ring is 1. The van der Waals surface area contributed by atoms with Crippen LogP contribution in [-0.4, -0.2) is 18.0 Å². The smallest absolute Gasteiger partial charge is 0.0317 e. The van der Waals surface area contributed by atoms with E-state index in [9.17, 15) is 0 Å². The molecule has 0 amide bonds. The molecule has 1 aliphatic rings. The van der Waals surface area contributed by atoms with E-state index in [-0.39, 0.29) is 12.4 Å². The number of nitrogens with two attached hydrogens (primary N) is 1. The summed E-state index contributed by atoms with van der Waals surface area (Å²) in [6.07, 6.45) is 4.09. The van der Waals surface area contributed by atoms with E-state index in [0.29, 0.717) is 0 Å². The van der Waals surface area contributed by atoms with Crippen molar-refractivity contribution in [3.8, 4) is 0 Å². The first-order chi connectivity index (χ1) is 7.78. The van der Waals surface area contributed by atoms with Crippen LogP contribution in [-0.2, 0) is 6.54 Å². The highest BCUT2D eigenvalue weighted by Gasteiger charge is 2.23. The highest BCUT2D eigenvalue weighted by Crippen LogP contribution is 2.30. The molecule has 3 heteroatoms. The number of benzene rings is 1. The zero-order chi connectivity index (χ0) is 11.4. The van der Waals surface area contributed by atoms with Crippen LogP contribution >= 0.6 is 12.4 Å². The number of hydrogen-bond donors (Lipinski definition) is 1. The van der Waals surface area contributed by atoms with Crippen LogP contribution in [0.15, 0.2) is 24.3 Å². The Morgan fingerprint density at radius 3 is 2.71 bits per heavy atom. The van der Waals surface area contributed by atoms with Crippen LogP contribution in [0.2, 0.25) is 0 Å². The topological polar surface area (TPSA) is 29.3 Å². The molecule has 1 aromatic carbocycles. The van der Waals surface area contributed by atoms with Gasteiger partial charge in [-0.2, -0.15) is 0 Å². The van der Waals surface area contributed by atoms with E-state index in [0.717, 1.165) is 18.2 Å². The van der Waals surface area contributed by atoms with Crippen molar-refractivity contribution in [2.75, 3.05) is 18.8 Å². The van der Waals surface area contributed by atoms with Gasteiger partial charge in [0.05, 0.1) is 0 Å². The minimum atomic E-state index is 0. The van der Waals surface area contributed by atoms with Crippen molar-refractivity contribution in [2.45, 2.75) is 32.7 Å². The molecule has 0 aliphatic heterocycles. The molecule has 0 heterocycles. The molecular weight excluding hydrogens is 232 g/mol. The van der Waals surface area contributed by atoms with E-state index in [2.05, 4.69) is 24.0 Å². The molecule has 1 aromatic rings. The van der Waals surface area contributed by atoms with Gasteiger partial charge in [0, 0.05) is 18.8 Å². The van der Waals surface area contributed by atoms with Crippen molar-refractivity contribution in [1.29, 1.82) is 0 Å². The first-order valence-corrected chi connectivity index (χ1v) is 6.34. The largest absolute Gasteiger partial charge is 0.399 e. The molecule has 0 atom stereocenters. The monoisotopic (exact) mass is 254 g/mol. The maximum Gasteiger partial charge on any atom is 0.0317 e. The number of anilines is 1. The molecule has 0 bridgehead atoms. The fraction of sp³-hybridized carbons (Fsp3) is 0.571. The summed E-state index contributed by atoms with van der Waals surface area (Å²) < 4.78 is 0. The molecule has 2 rings (SSSR count). The quantitative estimate of drug-likeness (QED) is 0.790. The third-order valence-electron chi connectivity index (χ3n) is 3.11. The lowest BCUT2D eigenvalue weighted by Crippen LogP contribution is -2.26.